The van der Waals surface area contributed by atoms with E-state index in [1.54, 1.807) is 0 Å². The fraction of sp³-hybridized carbons (Fsp3) is 0.296. The monoisotopic (exact) mass is 448 g/mol. The van der Waals surface area contributed by atoms with Crippen molar-refractivity contribution >= 4 is 29.4 Å². The third kappa shape index (κ3) is 4.30. The minimum atomic E-state index is 0.252. The Labute approximate surface area is 194 Å². The normalized spacial score (nSPS) is 25.4. The Kier molecular flexibility index (Phi) is 6.13. The first-order chi connectivity index (χ1) is 15.2. The second-order valence-electron chi connectivity index (χ2n) is 8.61. The number of hydrogen-bond acceptors (Lipinski definition) is 2. The van der Waals surface area contributed by atoms with Crippen LogP contribution in [0.25, 0.3) is 0 Å². The van der Waals surface area contributed by atoms with Gasteiger partial charge in [0, 0.05) is 18.2 Å². The zero-order valence-electron chi connectivity index (χ0n) is 17.4. The molecule has 0 saturated carbocycles. The van der Waals surface area contributed by atoms with Gasteiger partial charge in [0.15, 0.2) is 0 Å². The van der Waals surface area contributed by atoms with Crippen molar-refractivity contribution in [1.29, 1.82) is 0 Å². The third-order valence-electron chi connectivity index (χ3n) is 6.83. The van der Waals surface area contributed by atoms with Crippen LogP contribution < -0.4 is 0 Å². The molecule has 2 atom stereocenters. The molecule has 0 N–H and O–H groups in total. The van der Waals surface area contributed by atoms with Gasteiger partial charge < -0.3 is 0 Å². The highest BCUT2D eigenvalue weighted by Crippen LogP contribution is 2.43. The molecule has 31 heavy (non-hydrogen) atoms. The van der Waals surface area contributed by atoms with E-state index >= 15 is 0 Å². The number of hydrogen-bond donors (Lipinski definition) is 0. The van der Waals surface area contributed by atoms with Gasteiger partial charge in [-0.15, -0.1) is 0 Å². The van der Waals surface area contributed by atoms with E-state index in [1.807, 2.05) is 24.4 Å². The standard InChI is InChI=1S/C27H26Cl2N2/c28-23-12-11-19(17-24(23)29)18-30-26-22-13-15-31(16-14-22)27(26)25(20-7-3-1-4-8-20)21-9-5-2-6-10-21/h1-12,17-18,22,25-27H,13-16H2. The zero-order chi connectivity index (χ0) is 21.2. The molecule has 2 unspecified atom stereocenters. The lowest BCUT2D eigenvalue weighted by molar-refractivity contribution is 0.0215. The Morgan fingerprint density at radius 1 is 0.806 bits per heavy atom. The molecule has 3 aliphatic rings. The molecule has 0 aliphatic carbocycles. The smallest absolute Gasteiger partial charge is 0.0693 e. The third-order valence-corrected chi connectivity index (χ3v) is 7.57. The SMILES string of the molecule is Clc1ccc(C=NC2C3CCN(CC3)C2C(c2ccccc2)c2ccccc2)cc1Cl. The lowest BCUT2D eigenvalue weighted by atomic mass is 9.71. The number of halogens is 2. The van der Waals surface area contributed by atoms with Crippen molar-refractivity contribution in [2.75, 3.05) is 13.1 Å². The molecule has 6 rings (SSSR count). The van der Waals surface area contributed by atoms with Gasteiger partial charge in [-0.3, -0.25) is 9.89 Å². The van der Waals surface area contributed by atoms with Crippen molar-refractivity contribution in [3.05, 3.63) is 106 Å². The van der Waals surface area contributed by atoms with E-state index in [0.29, 0.717) is 27.9 Å². The number of aliphatic imine (C=N–C) groups is 1. The maximum absolute atomic E-state index is 6.24. The molecule has 158 valence electrons. The second kappa shape index (κ2) is 9.16. The molecule has 3 heterocycles. The van der Waals surface area contributed by atoms with Crippen molar-refractivity contribution in [1.82, 2.24) is 4.90 Å². The van der Waals surface area contributed by atoms with Crippen LogP contribution in [-0.4, -0.2) is 36.3 Å². The summed E-state index contributed by atoms with van der Waals surface area (Å²) in [5.74, 6) is 0.908. The number of benzene rings is 3. The number of rotatable bonds is 5. The predicted octanol–water partition coefficient (Wildman–Crippen LogP) is 6.71. The number of fused-ring (bicyclic) bond motifs is 3. The van der Waals surface area contributed by atoms with Crippen LogP contribution in [0.2, 0.25) is 10.0 Å². The highest BCUT2D eigenvalue weighted by molar-refractivity contribution is 6.42. The summed E-state index contributed by atoms with van der Waals surface area (Å²) in [7, 11) is 0. The minimum Gasteiger partial charge on any atom is -0.297 e. The molecular weight excluding hydrogens is 423 g/mol. The van der Waals surface area contributed by atoms with Gasteiger partial charge in [0.25, 0.3) is 0 Å². The molecule has 4 heteroatoms. The summed E-state index contributed by atoms with van der Waals surface area (Å²) in [6.07, 6.45) is 4.43. The maximum atomic E-state index is 6.24. The molecule has 0 amide bonds. The zero-order valence-corrected chi connectivity index (χ0v) is 18.9. The molecular formula is C27H26Cl2N2. The molecule has 3 aliphatic heterocycles. The summed E-state index contributed by atoms with van der Waals surface area (Å²) < 4.78 is 0. The van der Waals surface area contributed by atoms with E-state index in [2.05, 4.69) is 65.6 Å². The molecule has 3 aromatic carbocycles. The number of nitrogens with zero attached hydrogens (tertiary/aromatic N) is 2. The van der Waals surface area contributed by atoms with E-state index < -0.39 is 0 Å². The Balaban J connectivity index is 1.54. The maximum Gasteiger partial charge on any atom is 0.0693 e. The van der Waals surface area contributed by atoms with Gasteiger partial charge in [0.05, 0.1) is 16.1 Å². The minimum absolute atomic E-state index is 0.252. The van der Waals surface area contributed by atoms with E-state index in [0.717, 1.165) is 18.7 Å². The fourth-order valence-corrected chi connectivity index (χ4v) is 5.65. The van der Waals surface area contributed by atoms with Crippen LogP contribution in [0.4, 0.5) is 0 Å². The summed E-state index contributed by atoms with van der Waals surface area (Å²) in [6.45, 7) is 2.31. The summed E-state index contributed by atoms with van der Waals surface area (Å²) >= 11 is 12.3. The highest BCUT2D eigenvalue weighted by atomic mass is 35.5. The number of piperidine rings is 3. The average Bonchev–Trinajstić information content (AvgIpc) is 2.83. The van der Waals surface area contributed by atoms with Gasteiger partial charge in [-0.2, -0.15) is 0 Å². The lowest BCUT2D eigenvalue weighted by Crippen LogP contribution is -2.59. The largest absolute Gasteiger partial charge is 0.297 e. The Bertz CT molecular complexity index is 1000. The lowest BCUT2D eigenvalue weighted by Gasteiger charge is -2.52. The van der Waals surface area contributed by atoms with Gasteiger partial charge in [-0.25, -0.2) is 0 Å². The topological polar surface area (TPSA) is 15.6 Å². The first kappa shape index (κ1) is 20.8. The van der Waals surface area contributed by atoms with Crippen LogP contribution in [0, 0.1) is 5.92 Å². The van der Waals surface area contributed by atoms with Crippen molar-refractivity contribution in [2.24, 2.45) is 10.9 Å². The molecule has 0 spiro atoms. The fourth-order valence-electron chi connectivity index (χ4n) is 5.34. The predicted molar refractivity (Wildman–Crippen MR) is 131 cm³/mol. The molecule has 3 fully saturated rings. The van der Waals surface area contributed by atoms with Gasteiger partial charge in [0.2, 0.25) is 0 Å². The van der Waals surface area contributed by atoms with Crippen LogP contribution >= 0.6 is 23.2 Å². The Morgan fingerprint density at radius 3 is 2.00 bits per heavy atom. The van der Waals surface area contributed by atoms with Crippen LogP contribution in [0.1, 0.15) is 35.4 Å². The van der Waals surface area contributed by atoms with E-state index in [9.17, 15) is 0 Å². The van der Waals surface area contributed by atoms with Crippen molar-refractivity contribution in [2.45, 2.75) is 30.8 Å². The highest BCUT2D eigenvalue weighted by Gasteiger charge is 2.46. The van der Waals surface area contributed by atoms with Gasteiger partial charge >= 0.3 is 0 Å². The molecule has 2 bridgehead atoms. The Morgan fingerprint density at radius 2 is 1.42 bits per heavy atom. The summed E-state index contributed by atoms with van der Waals surface area (Å²) in [5, 5.41) is 1.15. The molecule has 3 aromatic rings. The van der Waals surface area contributed by atoms with Crippen molar-refractivity contribution in [3.63, 3.8) is 0 Å². The molecule has 0 aromatic heterocycles. The quantitative estimate of drug-likeness (QED) is 0.396. The van der Waals surface area contributed by atoms with Crippen LogP contribution in [-0.2, 0) is 0 Å². The Hall–Kier alpha value is -2.13. The van der Waals surface area contributed by atoms with E-state index in [-0.39, 0.29) is 6.04 Å². The second-order valence-corrected chi connectivity index (χ2v) is 9.42. The summed E-state index contributed by atoms with van der Waals surface area (Å²) in [6, 6.07) is 28.2. The molecule has 3 saturated heterocycles. The van der Waals surface area contributed by atoms with Crippen molar-refractivity contribution in [3.8, 4) is 0 Å². The van der Waals surface area contributed by atoms with E-state index in [4.69, 9.17) is 28.2 Å². The molecule has 2 nitrogen and oxygen atoms in total. The summed E-state index contributed by atoms with van der Waals surface area (Å²) in [4.78, 5) is 7.86. The molecule has 0 radical (unpaired) electrons. The first-order valence-electron chi connectivity index (χ1n) is 11.0. The average molecular weight is 449 g/mol. The van der Waals surface area contributed by atoms with Crippen LogP contribution in [0.3, 0.4) is 0 Å². The van der Waals surface area contributed by atoms with Crippen LogP contribution in [0.15, 0.2) is 83.9 Å². The van der Waals surface area contributed by atoms with Gasteiger partial charge in [-0.05, 0) is 60.7 Å². The summed E-state index contributed by atoms with van der Waals surface area (Å²) in [5.41, 5.74) is 3.72. The van der Waals surface area contributed by atoms with Gasteiger partial charge in [-0.1, -0.05) is 89.9 Å². The van der Waals surface area contributed by atoms with Crippen LogP contribution in [0.5, 0.6) is 0 Å². The first-order valence-corrected chi connectivity index (χ1v) is 11.8. The van der Waals surface area contributed by atoms with Crippen molar-refractivity contribution < 1.29 is 0 Å². The van der Waals surface area contributed by atoms with Gasteiger partial charge in [0.1, 0.15) is 0 Å². The van der Waals surface area contributed by atoms with E-state index in [1.165, 1.54) is 24.0 Å².